The third kappa shape index (κ3) is 2.56. The van der Waals surface area contributed by atoms with Crippen LogP contribution in [0.15, 0.2) is 24.3 Å². The Hall–Kier alpha value is -1.88. The summed E-state index contributed by atoms with van der Waals surface area (Å²) >= 11 is 0. The lowest BCUT2D eigenvalue weighted by molar-refractivity contribution is 0.0697. The van der Waals surface area contributed by atoms with E-state index >= 15 is 0 Å². The lowest BCUT2D eigenvalue weighted by Gasteiger charge is -2.02. The molecule has 0 atom stereocenters. The van der Waals surface area contributed by atoms with Gasteiger partial charge in [-0.2, -0.15) is 0 Å². The van der Waals surface area contributed by atoms with E-state index in [0.717, 1.165) is 0 Å². The van der Waals surface area contributed by atoms with E-state index in [2.05, 4.69) is 0 Å². The van der Waals surface area contributed by atoms with Crippen molar-refractivity contribution in [3.05, 3.63) is 35.4 Å². The molecule has 0 heterocycles. The van der Waals surface area contributed by atoms with Gasteiger partial charge in [0.25, 0.3) is 0 Å². The van der Waals surface area contributed by atoms with Gasteiger partial charge in [-0.3, -0.25) is 16.1 Å². The Morgan fingerprint density at radius 3 is 2.79 bits per heavy atom. The zero-order valence-corrected chi connectivity index (χ0v) is 7.32. The van der Waals surface area contributed by atoms with Gasteiger partial charge in [-0.25, -0.2) is 4.79 Å². The summed E-state index contributed by atoms with van der Waals surface area (Å²) in [7, 11) is 0. The second kappa shape index (κ2) is 4.38. The normalized spacial score (nSPS) is 9.50. The Morgan fingerprint density at radius 2 is 2.21 bits per heavy atom. The lowest BCUT2D eigenvalue weighted by atomic mass is 10.1. The Kier molecular flexibility index (Phi) is 3.19. The van der Waals surface area contributed by atoms with Crippen molar-refractivity contribution in [2.24, 2.45) is 0 Å². The van der Waals surface area contributed by atoms with E-state index in [1.165, 1.54) is 12.1 Å². The zero-order chi connectivity index (χ0) is 10.6. The van der Waals surface area contributed by atoms with Crippen LogP contribution in [0.2, 0.25) is 0 Å². The second-order valence-electron chi connectivity index (χ2n) is 2.77. The minimum atomic E-state index is -1.00. The molecule has 0 aliphatic carbocycles. The number of rotatable bonds is 3. The van der Waals surface area contributed by atoms with E-state index in [0.29, 0.717) is 5.56 Å². The van der Waals surface area contributed by atoms with Gasteiger partial charge in [0.2, 0.25) is 0 Å². The van der Waals surface area contributed by atoms with Gasteiger partial charge in [0, 0.05) is 6.42 Å². The van der Waals surface area contributed by atoms with Crippen molar-refractivity contribution in [1.82, 2.24) is 5.48 Å². The van der Waals surface area contributed by atoms with Crippen LogP contribution in [-0.4, -0.2) is 22.1 Å². The number of carbonyl (C=O) groups is 1. The van der Waals surface area contributed by atoms with Crippen LogP contribution in [0.25, 0.3) is 0 Å². The molecule has 0 unspecified atom stereocenters. The third-order valence-corrected chi connectivity index (χ3v) is 1.69. The number of amidine groups is 1. The molecule has 14 heavy (non-hydrogen) atoms. The first-order chi connectivity index (χ1) is 6.63. The van der Waals surface area contributed by atoms with Crippen LogP contribution in [0.4, 0.5) is 0 Å². The fraction of sp³-hybridized carbons (Fsp3) is 0.111. The van der Waals surface area contributed by atoms with Gasteiger partial charge in [-0.15, -0.1) is 0 Å². The van der Waals surface area contributed by atoms with E-state index in [9.17, 15) is 4.79 Å². The molecule has 74 valence electrons. The molecule has 5 nitrogen and oxygen atoms in total. The van der Waals surface area contributed by atoms with Crippen molar-refractivity contribution < 1.29 is 15.1 Å². The van der Waals surface area contributed by atoms with Gasteiger partial charge in [-0.1, -0.05) is 12.1 Å². The Labute approximate surface area is 80.5 Å². The summed E-state index contributed by atoms with van der Waals surface area (Å²) < 4.78 is 0. The van der Waals surface area contributed by atoms with Gasteiger partial charge in [0.1, 0.15) is 5.84 Å². The Morgan fingerprint density at radius 1 is 1.50 bits per heavy atom. The summed E-state index contributed by atoms with van der Waals surface area (Å²) in [5, 5.41) is 24.2. The number of benzene rings is 1. The lowest BCUT2D eigenvalue weighted by Crippen LogP contribution is -2.19. The van der Waals surface area contributed by atoms with E-state index in [-0.39, 0.29) is 17.8 Å². The predicted molar refractivity (Wildman–Crippen MR) is 49.8 cm³/mol. The summed E-state index contributed by atoms with van der Waals surface area (Å²) in [6.07, 6.45) is 0.178. The van der Waals surface area contributed by atoms with Crippen LogP contribution in [0.3, 0.4) is 0 Å². The SMILES string of the molecule is N=C(Cc1cccc(C(=O)O)c1)NO. The van der Waals surface area contributed by atoms with Gasteiger partial charge in [0.15, 0.2) is 0 Å². The molecule has 0 bridgehead atoms. The van der Waals surface area contributed by atoms with Crippen LogP contribution < -0.4 is 5.48 Å². The van der Waals surface area contributed by atoms with Crippen molar-refractivity contribution in [3.63, 3.8) is 0 Å². The number of hydrogen-bond acceptors (Lipinski definition) is 3. The Bertz CT molecular complexity index is 363. The molecule has 1 rings (SSSR count). The highest BCUT2D eigenvalue weighted by atomic mass is 16.5. The first-order valence-electron chi connectivity index (χ1n) is 3.93. The maximum atomic E-state index is 10.6. The van der Waals surface area contributed by atoms with Crippen molar-refractivity contribution >= 4 is 11.8 Å². The molecule has 0 aromatic heterocycles. The third-order valence-electron chi connectivity index (χ3n) is 1.69. The molecule has 0 radical (unpaired) electrons. The molecule has 0 spiro atoms. The van der Waals surface area contributed by atoms with Crippen LogP contribution >= 0.6 is 0 Å². The minimum absolute atomic E-state index is 0.0764. The summed E-state index contributed by atoms with van der Waals surface area (Å²) in [4.78, 5) is 10.6. The maximum Gasteiger partial charge on any atom is 0.335 e. The Balaban J connectivity index is 2.83. The fourth-order valence-electron chi connectivity index (χ4n) is 1.06. The molecule has 1 aromatic carbocycles. The van der Waals surface area contributed by atoms with Crippen molar-refractivity contribution in [2.75, 3.05) is 0 Å². The van der Waals surface area contributed by atoms with E-state index in [4.69, 9.17) is 15.7 Å². The van der Waals surface area contributed by atoms with Gasteiger partial charge in [0.05, 0.1) is 5.56 Å². The number of hydrogen-bond donors (Lipinski definition) is 4. The highest BCUT2D eigenvalue weighted by Gasteiger charge is 2.04. The van der Waals surface area contributed by atoms with Gasteiger partial charge >= 0.3 is 5.97 Å². The molecule has 5 heteroatoms. The van der Waals surface area contributed by atoms with Crippen molar-refractivity contribution in [2.45, 2.75) is 6.42 Å². The van der Waals surface area contributed by atoms with Gasteiger partial charge in [-0.05, 0) is 17.7 Å². The van der Waals surface area contributed by atoms with Gasteiger partial charge < -0.3 is 5.11 Å². The summed E-state index contributed by atoms with van der Waals surface area (Å²) in [5.74, 6) is -1.08. The number of carboxylic acid groups (broad SMARTS) is 1. The largest absolute Gasteiger partial charge is 0.478 e. The monoisotopic (exact) mass is 194 g/mol. The van der Waals surface area contributed by atoms with E-state index in [1.54, 1.807) is 17.6 Å². The molecule has 0 aliphatic heterocycles. The molecule has 0 saturated heterocycles. The number of hydroxylamine groups is 1. The highest BCUT2D eigenvalue weighted by molar-refractivity contribution is 5.88. The van der Waals surface area contributed by atoms with Crippen molar-refractivity contribution in [1.29, 1.82) is 5.41 Å². The molecule has 1 aromatic rings. The first-order valence-corrected chi connectivity index (χ1v) is 3.93. The number of aromatic carboxylic acids is 1. The summed E-state index contributed by atoms with van der Waals surface area (Å²) in [5.41, 5.74) is 2.54. The smallest absolute Gasteiger partial charge is 0.335 e. The molecule has 0 amide bonds. The molecule has 0 fully saturated rings. The average Bonchev–Trinajstić information content (AvgIpc) is 2.18. The topological polar surface area (TPSA) is 93.4 Å². The van der Waals surface area contributed by atoms with E-state index in [1.807, 2.05) is 0 Å². The summed E-state index contributed by atoms with van der Waals surface area (Å²) in [6, 6.07) is 6.23. The second-order valence-corrected chi connectivity index (χ2v) is 2.77. The molecule has 0 saturated carbocycles. The quantitative estimate of drug-likeness (QED) is 0.326. The molecule has 4 N–H and O–H groups in total. The number of nitrogens with one attached hydrogen (secondary N) is 2. The summed E-state index contributed by atoms with van der Waals surface area (Å²) in [6.45, 7) is 0. The van der Waals surface area contributed by atoms with E-state index < -0.39 is 5.97 Å². The minimum Gasteiger partial charge on any atom is -0.478 e. The zero-order valence-electron chi connectivity index (χ0n) is 7.32. The molecular weight excluding hydrogens is 184 g/mol. The predicted octanol–water partition coefficient (Wildman–Crippen LogP) is 0.883. The molecular formula is C9H10N2O3. The maximum absolute atomic E-state index is 10.6. The molecule has 0 aliphatic rings. The van der Waals surface area contributed by atoms with Crippen LogP contribution in [0, 0.1) is 5.41 Å². The fourth-order valence-corrected chi connectivity index (χ4v) is 1.06. The van der Waals surface area contributed by atoms with Crippen LogP contribution in [0.1, 0.15) is 15.9 Å². The highest BCUT2D eigenvalue weighted by Crippen LogP contribution is 2.05. The van der Waals surface area contributed by atoms with Crippen LogP contribution in [0.5, 0.6) is 0 Å². The van der Waals surface area contributed by atoms with Crippen LogP contribution in [-0.2, 0) is 6.42 Å². The first kappa shape index (κ1) is 10.2. The number of carboxylic acids is 1. The standard InChI is InChI=1S/C9H10N2O3/c10-8(11-14)5-6-2-1-3-7(4-6)9(12)13/h1-4,14H,5H2,(H2,10,11)(H,12,13). The average molecular weight is 194 g/mol. The van der Waals surface area contributed by atoms with Crippen molar-refractivity contribution in [3.8, 4) is 0 Å².